The molecule has 1 aromatic carbocycles. The minimum absolute atomic E-state index is 0.0632. The van der Waals surface area contributed by atoms with Crippen LogP contribution in [0.1, 0.15) is 0 Å². The predicted molar refractivity (Wildman–Crippen MR) is 89.8 cm³/mol. The van der Waals surface area contributed by atoms with E-state index in [0.29, 0.717) is 6.54 Å². The minimum atomic E-state index is 0.0632. The van der Waals surface area contributed by atoms with Gasteiger partial charge in [-0.25, -0.2) is 0 Å². The van der Waals surface area contributed by atoms with E-state index in [1.54, 1.807) is 17.1 Å². The lowest BCUT2D eigenvalue weighted by Crippen LogP contribution is -2.02. The predicted octanol–water partition coefficient (Wildman–Crippen LogP) is 3.09. The molecule has 4 rings (SSSR count). The van der Waals surface area contributed by atoms with Gasteiger partial charge in [0.1, 0.15) is 5.69 Å². The maximum atomic E-state index is 9.20. The van der Waals surface area contributed by atoms with E-state index >= 15 is 0 Å². The highest BCUT2D eigenvalue weighted by Crippen LogP contribution is 2.32. The van der Waals surface area contributed by atoms with Crippen LogP contribution in [0.2, 0.25) is 0 Å². The number of aliphatic hydroxyl groups is 1. The van der Waals surface area contributed by atoms with Gasteiger partial charge in [-0.2, -0.15) is 5.10 Å². The molecule has 2 N–H and O–H groups in total. The zero-order valence-electron chi connectivity index (χ0n) is 12.5. The first-order chi connectivity index (χ1) is 11.3. The molecule has 0 aliphatic rings. The number of hydrogen-bond acceptors (Lipinski definition) is 3. The highest BCUT2D eigenvalue weighted by molar-refractivity contribution is 5.88. The van der Waals surface area contributed by atoms with E-state index in [1.807, 2.05) is 24.5 Å². The van der Waals surface area contributed by atoms with Crippen LogP contribution in [0.3, 0.4) is 0 Å². The lowest BCUT2D eigenvalue weighted by molar-refractivity contribution is 0.269. The van der Waals surface area contributed by atoms with Crippen LogP contribution < -0.4 is 0 Å². The molecular weight excluding hydrogens is 288 g/mol. The van der Waals surface area contributed by atoms with Gasteiger partial charge in [-0.15, -0.1) is 0 Å². The second-order valence-electron chi connectivity index (χ2n) is 5.39. The minimum Gasteiger partial charge on any atom is -0.394 e. The quantitative estimate of drug-likeness (QED) is 0.609. The summed E-state index contributed by atoms with van der Waals surface area (Å²) in [6.07, 6.45) is 7.45. The number of aliphatic hydroxyl groups excluding tert-OH is 1. The number of benzene rings is 1. The molecule has 3 aromatic heterocycles. The molecule has 0 aliphatic carbocycles. The van der Waals surface area contributed by atoms with Crippen molar-refractivity contribution < 1.29 is 5.11 Å². The summed E-state index contributed by atoms with van der Waals surface area (Å²) in [5.74, 6) is 0. The van der Waals surface area contributed by atoms with Crippen LogP contribution in [0.25, 0.3) is 33.3 Å². The van der Waals surface area contributed by atoms with Crippen molar-refractivity contribution in [2.75, 3.05) is 6.61 Å². The molecule has 3 heterocycles. The third-order valence-electron chi connectivity index (χ3n) is 3.91. The molecule has 0 aliphatic heterocycles. The number of aromatic nitrogens is 4. The van der Waals surface area contributed by atoms with Crippen molar-refractivity contribution in [2.45, 2.75) is 6.54 Å². The van der Waals surface area contributed by atoms with Crippen LogP contribution in [-0.4, -0.2) is 31.5 Å². The molecule has 0 bridgehead atoms. The average Bonchev–Trinajstić information content (AvgIpc) is 3.22. The van der Waals surface area contributed by atoms with Gasteiger partial charge in [0.2, 0.25) is 0 Å². The normalized spacial score (nSPS) is 11.2. The second kappa shape index (κ2) is 5.70. The topological polar surface area (TPSA) is 66.7 Å². The molecule has 0 radical (unpaired) electrons. The Balaban J connectivity index is 1.88. The number of fused-ring (bicyclic) bond motifs is 1. The van der Waals surface area contributed by atoms with Crippen molar-refractivity contribution in [1.82, 2.24) is 19.7 Å². The molecule has 114 valence electrons. The number of H-pyrrole nitrogens is 1. The first kappa shape index (κ1) is 13.7. The molecule has 0 saturated heterocycles. The van der Waals surface area contributed by atoms with Crippen LogP contribution in [0.15, 0.2) is 61.2 Å². The van der Waals surface area contributed by atoms with Crippen molar-refractivity contribution >= 4 is 10.9 Å². The summed E-state index contributed by atoms with van der Waals surface area (Å²) in [5.41, 5.74) is 5.18. The molecule has 5 nitrogen and oxygen atoms in total. The van der Waals surface area contributed by atoms with E-state index in [1.165, 1.54) is 0 Å². The summed E-state index contributed by atoms with van der Waals surface area (Å²) in [6.45, 7) is 0.540. The van der Waals surface area contributed by atoms with E-state index in [9.17, 15) is 5.11 Å². The van der Waals surface area contributed by atoms with E-state index < -0.39 is 0 Å². The van der Waals surface area contributed by atoms with Gasteiger partial charge in [0.15, 0.2) is 0 Å². The van der Waals surface area contributed by atoms with Crippen LogP contribution in [0.5, 0.6) is 0 Å². The van der Waals surface area contributed by atoms with Gasteiger partial charge >= 0.3 is 0 Å². The Morgan fingerprint density at radius 1 is 1.04 bits per heavy atom. The maximum Gasteiger partial charge on any atom is 0.100 e. The fourth-order valence-corrected chi connectivity index (χ4v) is 2.79. The third kappa shape index (κ3) is 2.51. The van der Waals surface area contributed by atoms with Crippen LogP contribution >= 0.6 is 0 Å². The number of aromatic amines is 1. The van der Waals surface area contributed by atoms with E-state index in [0.717, 1.165) is 33.3 Å². The highest BCUT2D eigenvalue weighted by Gasteiger charge is 2.13. The molecular formula is C18H16N4O. The summed E-state index contributed by atoms with van der Waals surface area (Å²) in [5, 5.41) is 15.0. The van der Waals surface area contributed by atoms with Gasteiger partial charge < -0.3 is 10.1 Å². The highest BCUT2D eigenvalue weighted by atomic mass is 16.3. The number of nitrogens with one attached hydrogen (secondary N) is 1. The monoisotopic (exact) mass is 304 g/mol. The van der Waals surface area contributed by atoms with Gasteiger partial charge in [0.05, 0.1) is 13.2 Å². The standard InChI is InChI=1S/C18H16N4O/c23-10-9-22-12-16(18(21-22)13-3-6-19-7-4-13)14-1-2-17-15(11-14)5-8-20-17/h1-8,11-12,20,23H,9-10H2. The number of hydrogen-bond donors (Lipinski definition) is 2. The molecule has 4 aromatic rings. The molecule has 0 unspecified atom stereocenters. The first-order valence-corrected chi connectivity index (χ1v) is 7.51. The first-order valence-electron chi connectivity index (χ1n) is 7.51. The maximum absolute atomic E-state index is 9.20. The number of nitrogens with zero attached hydrogens (tertiary/aromatic N) is 3. The largest absolute Gasteiger partial charge is 0.394 e. The van der Waals surface area contributed by atoms with Gasteiger partial charge in [0, 0.05) is 41.4 Å². The van der Waals surface area contributed by atoms with E-state index in [4.69, 9.17) is 0 Å². The fourth-order valence-electron chi connectivity index (χ4n) is 2.79. The lowest BCUT2D eigenvalue weighted by Gasteiger charge is -2.03. The van der Waals surface area contributed by atoms with E-state index in [2.05, 4.69) is 39.3 Å². The zero-order valence-corrected chi connectivity index (χ0v) is 12.5. The SMILES string of the molecule is OCCn1cc(-c2ccc3[nH]ccc3c2)c(-c2ccncc2)n1. The van der Waals surface area contributed by atoms with Crippen molar-refractivity contribution in [2.24, 2.45) is 0 Å². The van der Waals surface area contributed by atoms with Crippen molar-refractivity contribution in [3.63, 3.8) is 0 Å². The molecule has 0 fully saturated rings. The lowest BCUT2D eigenvalue weighted by atomic mass is 10.0. The molecule has 0 saturated carbocycles. The van der Waals surface area contributed by atoms with Gasteiger partial charge in [-0.3, -0.25) is 9.67 Å². The van der Waals surface area contributed by atoms with Gasteiger partial charge in [0.25, 0.3) is 0 Å². The molecule has 5 heteroatoms. The molecule has 0 atom stereocenters. The van der Waals surface area contributed by atoms with Crippen molar-refractivity contribution in [1.29, 1.82) is 0 Å². The van der Waals surface area contributed by atoms with Crippen LogP contribution in [0, 0.1) is 0 Å². The Morgan fingerprint density at radius 3 is 2.74 bits per heavy atom. The molecule has 0 spiro atoms. The zero-order chi connectivity index (χ0) is 15.6. The van der Waals surface area contributed by atoms with E-state index in [-0.39, 0.29) is 6.61 Å². The summed E-state index contributed by atoms with van der Waals surface area (Å²) in [6, 6.07) is 12.3. The van der Waals surface area contributed by atoms with Crippen molar-refractivity contribution in [3.8, 4) is 22.4 Å². The fraction of sp³-hybridized carbons (Fsp3) is 0.111. The second-order valence-corrected chi connectivity index (χ2v) is 5.39. The Labute approximate surface area is 133 Å². The smallest absolute Gasteiger partial charge is 0.100 e. The average molecular weight is 304 g/mol. The van der Waals surface area contributed by atoms with Crippen LogP contribution in [-0.2, 0) is 6.54 Å². The van der Waals surface area contributed by atoms with Crippen molar-refractivity contribution in [3.05, 3.63) is 61.2 Å². The Bertz CT molecular complexity index is 940. The van der Waals surface area contributed by atoms with Crippen LogP contribution in [0.4, 0.5) is 0 Å². The Morgan fingerprint density at radius 2 is 1.91 bits per heavy atom. The number of pyridine rings is 1. The summed E-state index contributed by atoms with van der Waals surface area (Å²) in [4.78, 5) is 7.28. The molecule has 0 amide bonds. The van der Waals surface area contributed by atoms with Gasteiger partial charge in [-0.05, 0) is 41.3 Å². The number of rotatable bonds is 4. The Kier molecular flexibility index (Phi) is 3.40. The summed E-state index contributed by atoms with van der Waals surface area (Å²) < 4.78 is 1.78. The summed E-state index contributed by atoms with van der Waals surface area (Å²) in [7, 11) is 0. The summed E-state index contributed by atoms with van der Waals surface area (Å²) >= 11 is 0. The Hall–Kier alpha value is -2.92. The van der Waals surface area contributed by atoms with Gasteiger partial charge in [-0.1, -0.05) is 6.07 Å². The molecule has 23 heavy (non-hydrogen) atoms. The third-order valence-corrected chi connectivity index (χ3v) is 3.91.